The highest BCUT2D eigenvalue weighted by Crippen LogP contribution is 2.27. The molecule has 0 aliphatic heterocycles. The molecule has 0 spiro atoms. The van der Waals surface area contributed by atoms with Gasteiger partial charge >= 0.3 is 0 Å². The normalized spacial score (nSPS) is 12.0. The van der Waals surface area contributed by atoms with E-state index in [4.69, 9.17) is 27.9 Å². The third-order valence-electron chi connectivity index (χ3n) is 3.28. The van der Waals surface area contributed by atoms with Crippen LogP contribution in [0.5, 0.6) is 5.75 Å². The molecular weight excluding hydrogens is 321 g/mol. The summed E-state index contributed by atoms with van der Waals surface area (Å²) < 4.78 is 5.54. The smallest absolute Gasteiger partial charge is 0.138 e. The summed E-state index contributed by atoms with van der Waals surface area (Å²) in [6, 6.07) is 13.2. The van der Waals surface area contributed by atoms with E-state index in [2.05, 4.69) is 0 Å². The summed E-state index contributed by atoms with van der Waals surface area (Å²) in [6.45, 7) is 2.67. The molecule has 2 aromatic rings. The molecule has 0 heterocycles. The van der Waals surface area contributed by atoms with Crippen LogP contribution in [0.3, 0.4) is 0 Å². The van der Waals surface area contributed by atoms with E-state index in [9.17, 15) is 5.11 Å². The number of likely N-dealkylation sites (N-methyl/N-ethyl adjacent to an activating group) is 1. The van der Waals surface area contributed by atoms with Crippen LogP contribution >= 0.6 is 23.2 Å². The zero-order chi connectivity index (χ0) is 16.1. The highest BCUT2D eigenvalue weighted by Gasteiger charge is 2.11. The summed E-state index contributed by atoms with van der Waals surface area (Å²) in [4.78, 5) is 1.98. The summed E-state index contributed by atoms with van der Waals surface area (Å²) >= 11 is 11.9. The molecule has 0 aliphatic carbocycles. The van der Waals surface area contributed by atoms with Gasteiger partial charge in [-0.3, -0.25) is 0 Å². The fourth-order valence-electron chi connectivity index (χ4n) is 2.05. The number of nitrogens with zero attached hydrogens (tertiary/aromatic N) is 1. The van der Waals surface area contributed by atoms with Crippen LogP contribution in [0.15, 0.2) is 42.5 Å². The number of aliphatic hydroxyl groups is 1. The second-order valence-corrected chi connectivity index (χ2v) is 6.10. The van der Waals surface area contributed by atoms with E-state index in [0.29, 0.717) is 22.3 Å². The molecule has 0 fully saturated rings. The lowest BCUT2D eigenvalue weighted by molar-refractivity contribution is 0.113. The van der Waals surface area contributed by atoms with E-state index in [1.54, 1.807) is 18.2 Å². The predicted octanol–water partition coefficient (Wildman–Crippen LogP) is 4.18. The maximum atomic E-state index is 10.1. The first-order valence-corrected chi connectivity index (χ1v) is 7.75. The van der Waals surface area contributed by atoms with Crippen LogP contribution in [0.1, 0.15) is 5.56 Å². The first-order valence-electron chi connectivity index (χ1n) is 6.99. The summed E-state index contributed by atoms with van der Waals surface area (Å²) in [5.74, 6) is 0.517. The van der Waals surface area contributed by atoms with Gasteiger partial charge in [0, 0.05) is 24.3 Å². The third kappa shape index (κ3) is 4.80. The highest BCUT2D eigenvalue weighted by atomic mass is 35.5. The number of hydrogen-bond donors (Lipinski definition) is 1. The Morgan fingerprint density at radius 2 is 1.82 bits per heavy atom. The molecule has 0 aliphatic rings. The molecule has 0 radical (unpaired) electrons. The van der Waals surface area contributed by atoms with Crippen molar-refractivity contribution in [1.29, 1.82) is 0 Å². The third-order valence-corrected chi connectivity index (χ3v) is 3.81. The van der Waals surface area contributed by atoms with Crippen molar-refractivity contribution in [3.8, 4) is 5.75 Å². The number of rotatable bonds is 6. The lowest BCUT2D eigenvalue weighted by atomic mass is 10.2. The van der Waals surface area contributed by atoms with Crippen molar-refractivity contribution < 1.29 is 9.84 Å². The molecule has 1 atom stereocenters. The van der Waals surface area contributed by atoms with E-state index in [1.807, 2.05) is 43.1 Å². The molecule has 0 aromatic heterocycles. The molecule has 2 aromatic carbocycles. The minimum atomic E-state index is -0.627. The molecule has 22 heavy (non-hydrogen) atoms. The highest BCUT2D eigenvalue weighted by molar-refractivity contribution is 6.35. The van der Waals surface area contributed by atoms with Gasteiger partial charge in [0.05, 0.1) is 5.02 Å². The molecule has 118 valence electrons. The summed E-state index contributed by atoms with van der Waals surface area (Å²) in [5.41, 5.74) is 2.26. The van der Waals surface area contributed by atoms with Crippen LogP contribution < -0.4 is 9.64 Å². The van der Waals surface area contributed by atoms with Gasteiger partial charge in [-0.25, -0.2) is 0 Å². The minimum absolute atomic E-state index is 0.164. The molecule has 0 amide bonds. The molecule has 3 nitrogen and oxygen atoms in total. The lowest BCUT2D eigenvalue weighted by Crippen LogP contribution is -2.33. The van der Waals surface area contributed by atoms with Gasteiger partial charge < -0.3 is 14.7 Å². The number of anilines is 1. The second-order valence-electron chi connectivity index (χ2n) is 5.26. The number of halogens is 2. The van der Waals surface area contributed by atoms with Gasteiger partial charge in [-0.05, 0) is 37.3 Å². The number of ether oxygens (including phenoxy) is 1. The molecule has 0 bridgehead atoms. The molecule has 0 saturated carbocycles. The number of aliphatic hydroxyl groups excluding tert-OH is 1. The van der Waals surface area contributed by atoms with Crippen molar-refractivity contribution in [2.24, 2.45) is 0 Å². The summed E-state index contributed by atoms with van der Waals surface area (Å²) in [7, 11) is 1.93. The summed E-state index contributed by atoms with van der Waals surface area (Å²) in [6.07, 6.45) is -0.627. The van der Waals surface area contributed by atoms with Crippen LogP contribution in [0.4, 0.5) is 5.69 Å². The van der Waals surface area contributed by atoms with Crippen LogP contribution in [0.2, 0.25) is 10.0 Å². The number of aryl methyl sites for hydroxylation is 1. The SMILES string of the molecule is Cc1ccc(N(C)CC(O)COc2ccc(Cl)cc2Cl)cc1. The fraction of sp³-hybridized carbons (Fsp3) is 0.294. The topological polar surface area (TPSA) is 32.7 Å². The van der Waals surface area contributed by atoms with Crippen molar-refractivity contribution in [1.82, 2.24) is 0 Å². The Balaban J connectivity index is 1.87. The largest absolute Gasteiger partial charge is 0.489 e. The Kier molecular flexibility index (Phi) is 5.95. The van der Waals surface area contributed by atoms with Gasteiger partial charge in [0.2, 0.25) is 0 Å². The van der Waals surface area contributed by atoms with Crippen molar-refractivity contribution in [3.63, 3.8) is 0 Å². The average molecular weight is 340 g/mol. The van der Waals surface area contributed by atoms with E-state index in [0.717, 1.165) is 5.69 Å². The van der Waals surface area contributed by atoms with Crippen molar-refractivity contribution in [2.45, 2.75) is 13.0 Å². The van der Waals surface area contributed by atoms with Crippen LogP contribution in [-0.2, 0) is 0 Å². The first-order chi connectivity index (χ1) is 10.5. The number of benzene rings is 2. The van der Waals surface area contributed by atoms with E-state index in [-0.39, 0.29) is 6.61 Å². The Morgan fingerprint density at radius 3 is 2.45 bits per heavy atom. The zero-order valence-electron chi connectivity index (χ0n) is 12.6. The molecule has 5 heteroatoms. The Morgan fingerprint density at radius 1 is 1.14 bits per heavy atom. The zero-order valence-corrected chi connectivity index (χ0v) is 14.1. The average Bonchev–Trinajstić information content (AvgIpc) is 2.47. The molecule has 0 saturated heterocycles. The second kappa shape index (κ2) is 7.73. The van der Waals surface area contributed by atoms with Gasteiger partial charge in [0.15, 0.2) is 0 Å². The van der Waals surface area contributed by atoms with Crippen LogP contribution in [0.25, 0.3) is 0 Å². The molecular formula is C17H19Cl2NO2. The Labute approximate surface area is 141 Å². The quantitative estimate of drug-likeness (QED) is 0.856. The predicted molar refractivity (Wildman–Crippen MR) is 92.4 cm³/mol. The summed E-state index contributed by atoms with van der Waals surface area (Å²) in [5, 5.41) is 11.1. The van der Waals surface area contributed by atoms with Gasteiger partial charge in [-0.1, -0.05) is 40.9 Å². The minimum Gasteiger partial charge on any atom is -0.489 e. The fourth-order valence-corrected chi connectivity index (χ4v) is 2.51. The Bertz CT molecular complexity index is 617. The standard InChI is InChI=1S/C17H19Cl2NO2/c1-12-3-6-14(7-4-12)20(2)10-15(21)11-22-17-8-5-13(18)9-16(17)19/h3-9,15,21H,10-11H2,1-2H3. The van der Waals surface area contributed by atoms with Gasteiger partial charge in [0.1, 0.15) is 18.5 Å². The van der Waals surface area contributed by atoms with Crippen molar-refractivity contribution in [2.75, 3.05) is 25.1 Å². The van der Waals surface area contributed by atoms with E-state index in [1.165, 1.54) is 5.56 Å². The number of hydrogen-bond acceptors (Lipinski definition) is 3. The van der Waals surface area contributed by atoms with E-state index >= 15 is 0 Å². The maximum absolute atomic E-state index is 10.1. The molecule has 1 N–H and O–H groups in total. The Hall–Kier alpha value is -1.42. The van der Waals surface area contributed by atoms with Gasteiger partial charge in [0.25, 0.3) is 0 Å². The molecule has 1 unspecified atom stereocenters. The molecule has 2 rings (SSSR count). The maximum Gasteiger partial charge on any atom is 0.138 e. The van der Waals surface area contributed by atoms with E-state index < -0.39 is 6.10 Å². The van der Waals surface area contributed by atoms with Gasteiger partial charge in [-0.15, -0.1) is 0 Å². The first kappa shape index (κ1) is 16.9. The van der Waals surface area contributed by atoms with Crippen LogP contribution in [-0.4, -0.2) is 31.4 Å². The van der Waals surface area contributed by atoms with Gasteiger partial charge in [-0.2, -0.15) is 0 Å². The van der Waals surface area contributed by atoms with Crippen molar-refractivity contribution >= 4 is 28.9 Å². The lowest BCUT2D eigenvalue weighted by Gasteiger charge is -2.23. The monoisotopic (exact) mass is 339 g/mol. The van der Waals surface area contributed by atoms with Crippen LogP contribution in [0, 0.1) is 6.92 Å². The van der Waals surface area contributed by atoms with Crippen molar-refractivity contribution in [3.05, 3.63) is 58.1 Å².